The number of thiophene rings is 1. The van der Waals surface area contributed by atoms with Gasteiger partial charge in [0.2, 0.25) is 5.95 Å². The van der Waals surface area contributed by atoms with Crippen molar-refractivity contribution in [2.24, 2.45) is 0 Å². The lowest BCUT2D eigenvalue weighted by Gasteiger charge is -2.12. The quantitative estimate of drug-likeness (QED) is 0.224. The molecule has 3 aliphatic rings. The number of hydrogen-bond acceptors (Lipinski definition) is 4. The van der Waals surface area contributed by atoms with Crippen molar-refractivity contribution in [3.63, 3.8) is 0 Å². The summed E-state index contributed by atoms with van der Waals surface area (Å²) in [5, 5.41) is 3.74. The van der Waals surface area contributed by atoms with Gasteiger partial charge in [-0.15, -0.1) is 11.3 Å². The Morgan fingerprint density at radius 3 is 2.69 bits per heavy atom. The van der Waals surface area contributed by atoms with Gasteiger partial charge in [-0.05, 0) is 49.5 Å². The molecule has 0 radical (unpaired) electrons. The van der Waals surface area contributed by atoms with Gasteiger partial charge in [0.1, 0.15) is 5.82 Å². The number of nitrogens with zero attached hydrogens (tertiary/aromatic N) is 4. The van der Waals surface area contributed by atoms with E-state index in [9.17, 15) is 0 Å². The van der Waals surface area contributed by atoms with Crippen LogP contribution in [-0.4, -0.2) is 19.5 Å². The monoisotopic (exact) mass is 520 g/mol. The predicted octanol–water partition coefficient (Wildman–Crippen LogP) is 8.23. The lowest BCUT2D eigenvalue weighted by molar-refractivity contribution is 0.819. The van der Waals surface area contributed by atoms with Crippen molar-refractivity contribution in [1.82, 2.24) is 19.5 Å². The van der Waals surface area contributed by atoms with Crippen molar-refractivity contribution < 1.29 is 0 Å². The van der Waals surface area contributed by atoms with Crippen molar-refractivity contribution in [3.8, 4) is 5.95 Å². The maximum atomic E-state index is 5.13. The third-order valence-electron chi connectivity index (χ3n) is 7.67. The average Bonchev–Trinajstić information content (AvgIpc) is 3.54. The van der Waals surface area contributed by atoms with E-state index < -0.39 is 0 Å². The highest BCUT2D eigenvalue weighted by molar-refractivity contribution is 7.20. The van der Waals surface area contributed by atoms with Crippen molar-refractivity contribution in [2.75, 3.05) is 0 Å². The minimum absolute atomic E-state index is 0.630. The molecule has 3 aromatic heterocycles. The first-order valence-corrected chi connectivity index (χ1v) is 14.3. The standard InChI is InChI=1S/C34H24N4S/c1-3-11-22(12-4-1)21-30-35-33(23-13-5-2-6-14-23)37-34(36-30)38-28-17-9-7-15-24(28)26-19-20-27-25-16-8-10-18-29(25)39-32(27)31(26)38/h1-3,5,7-9,11,13,15-17,19-20H,4,10,12,18,21H2. The lowest BCUT2D eigenvalue weighted by Crippen LogP contribution is -2.10. The van der Waals surface area contributed by atoms with Crippen LogP contribution in [0.1, 0.15) is 41.4 Å². The van der Waals surface area contributed by atoms with E-state index in [1.807, 2.05) is 29.6 Å². The Bertz CT molecular complexity index is 2060. The summed E-state index contributed by atoms with van der Waals surface area (Å²) in [5.74, 6) is 2.06. The maximum Gasteiger partial charge on any atom is 0.238 e. The number of fused-ring (bicyclic) bond motifs is 7. The van der Waals surface area contributed by atoms with E-state index in [0.717, 1.165) is 42.6 Å². The molecule has 8 rings (SSSR count). The molecule has 0 unspecified atom stereocenters. The van der Waals surface area contributed by atoms with Gasteiger partial charge in [-0.1, -0.05) is 83.8 Å². The number of rotatable bonds is 4. The zero-order valence-corrected chi connectivity index (χ0v) is 22.1. The zero-order valence-electron chi connectivity index (χ0n) is 21.3. The molecule has 2 aromatic carbocycles. The second kappa shape index (κ2) is 9.04. The molecular weight excluding hydrogens is 496 g/mol. The number of allylic oxidation sites excluding steroid dienone is 9. The highest BCUT2D eigenvalue weighted by Crippen LogP contribution is 2.43. The number of benzene rings is 2. The predicted molar refractivity (Wildman–Crippen MR) is 161 cm³/mol. The highest BCUT2D eigenvalue weighted by atomic mass is 32.1. The molecule has 4 nitrogen and oxygen atoms in total. The molecule has 0 aliphatic heterocycles. The Morgan fingerprint density at radius 2 is 1.79 bits per heavy atom. The molecule has 5 aromatic rings. The Kier molecular flexibility index (Phi) is 5.21. The van der Waals surface area contributed by atoms with Crippen molar-refractivity contribution in [2.45, 2.75) is 32.1 Å². The molecule has 0 bridgehead atoms. The van der Waals surface area contributed by atoms with E-state index >= 15 is 0 Å². The first-order chi connectivity index (χ1) is 19.3. The molecule has 3 aliphatic carbocycles. The maximum absolute atomic E-state index is 5.13. The van der Waals surface area contributed by atoms with E-state index in [0.29, 0.717) is 18.2 Å². The van der Waals surface area contributed by atoms with Gasteiger partial charge >= 0.3 is 0 Å². The molecule has 0 spiro atoms. The van der Waals surface area contributed by atoms with Crippen LogP contribution in [0, 0.1) is 0 Å². The third kappa shape index (κ3) is 3.71. The molecule has 5 heteroatoms. The van der Waals surface area contributed by atoms with Gasteiger partial charge in [-0.2, -0.15) is 9.97 Å². The van der Waals surface area contributed by atoms with Crippen LogP contribution < -0.4 is 0 Å². The van der Waals surface area contributed by atoms with Crippen molar-refractivity contribution >= 4 is 54.9 Å². The summed E-state index contributed by atoms with van der Waals surface area (Å²) in [6, 6.07) is 13.2. The van der Waals surface area contributed by atoms with E-state index in [1.54, 1.807) is 0 Å². The number of para-hydroxylation sites is 1. The van der Waals surface area contributed by atoms with Gasteiger partial charge < -0.3 is 0 Å². The summed E-state index contributed by atoms with van der Waals surface area (Å²) in [6.07, 6.45) is 21.9. The number of aromatic nitrogens is 4. The van der Waals surface area contributed by atoms with Gasteiger partial charge in [0.05, 0.1) is 21.3 Å². The highest BCUT2D eigenvalue weighted by Gasteiger charge is 2.22. The Morgan fingerprint density at radius 1 is 0.872 bits per heavy atom. The van der Waals surface area contributed by atoms with Crippen LogP contribution in [0.5, 0.6) is 0 Å². The second-order valence-corrected chi connectivity index (χ2v) is 11.2. The minimum atomic E-state index is 0.630. The van der Waals surface area contributed by atoms with Crippen LogP contribution in [0.3, 0.4) is 0 Å². The second-order valence-electron chi connectivity index (χ2n) is 10.1. The Balaban J connectivity index is 1.44. The van der Waals surface area contributed by atoms with Crippen LogP contribution in [0.15, 0.2) is 96.0 Å². The summed E-state index contributed by atoms with van der Waals surface area (Å²) in [5.41, 5.74) is 12.1. The number of aryl methyl sites for hydroxylation is 1. The van der Waals surface area contributed by atoms with Gasteiger partial charge in [-0.25, -0.2) is 4.98 Å². The molecule has 186 valence electrons. The van der Waals surface area contributed by atoms with Gasteiger partial charge in [-0.3, -0.25) is 4.57 Å². The third-order valence-corrected chi connectivity index (χ3v) is 8.96. The molecule has 0 amide bonds. The van der Waals surface area contributed by atoms with Gasteiger partial charge in [0.25, 0.3) is 0 Å². The molecule has 0 fully saturated rings. The van der Waals surface area contributed by atoms with E-state index in [2.05, 4.69) is 82.8 Å². The largest absolute Gasteiger partial charge is 0.276 e. The summed E-state index contributed by atoms with van der Waals surface area (Å²) in [4.78, 5) is 16.6. The summed E-state index contributed by atoms with van der Waals surface area (Å²) < 4.78 is 3.55. The van der Waals surface area contributed by atoms with Crippen LogP contribution in [0.4, 0.5) is 0 Å². The van der Waals surface area contributed by atoms with Crippen LogP contribution in [-0.2, 0) is 12.8 Å². The fourth-order valence-corrected chi connectivity index (χ4v) is 7.20. The normalized spacial score (nSPS) is 15.9. The van der Waals surface area contributed by atoms with E-state index in [1.165, 1.54) is 42.4 Å². The first-order valence-electron chi connectivity index (χ1n) is 13.5. The fraction of sp³-hybridized carbons (Fsp3) is 0.147. The summed E-state index contributed by atoms with van der Waals surface area (Å²) in [7, 11) is 0. The topological polar surface area (TPSA) is 43.6 Å². The molecule has 0 N–H and O–H groups in total. The molecule has 0 saturated heterocycles. The van der Waals surface area contributed by atoms with Crippen LogP contribution >= 0.6 is 11.3 Å². The molecule has 0 atom stereocenters. The van der Waals surface area contributed by atoms with Crippen LogP contribution in [0.2, 0.25) is 0 Å². The SMILES string of the molecule is C1=C=C(c2nc(CC3=CC=CCC3)nc(-n3c4ccccc4c4ccc5c6c(sc5c43)CCC=C6)n2)C=CC=1. The minimum Gasteiger partial charge on any atom is -0.276 e. The Labute approximate surface area is 230 Å². The average molecular weight is 521 g/mol. The fourth-order valence-electron chi connectivity index (χ4n) is 5.86. The summed E-state index contributed by atoms with van der Waals surface area (Å²) >= 11 is 1.92. The molecule has 0 saturated carbocycles. The Hall–Kier alpha value is -4.53. The zero-order chi connectivity index (χ0) is 25.8. The summed E-state index contributed by atoms with van der Waals surface area (Å²) in [6.45, 7) is 0. The molecular formula is C34H24N4S. The van der Waals surface area contributed by atoms with Crippen molar-refractivity contribution in [3.05, 3.63) is 118 Å². The van der Waals surface area contributed by atoms with E-state index in [4.69, 9.17) is 15.0 Å². The van der Waals surface area contributed by atoms with E-state index in [-0.39, 0.29) is 0 Å². The smallest absolute Gasteiger partial charge is 0.238 e. The first kappa shape index (κ1) is 22.5. The van der Waals surface area contributed by atoms with Crippen molar-refractivity contribution in [1.29, 1.82) is 0 Å². The lowest BCUT2D eigenvalue weighted by atomic mass is 10.0. The number of hydrogen-bond donors (Lipinski definition) is 0. The molecule has 39 heavy (non-hydrogen) atoms. The van der Waals surface area contributed by atoms with Gasteiger partial charge in [0.15, 0.2) is 5.82 Å². The molecule has 3 heterocycles. The van der Waals surface area contributed by atoms with Crippen LogP contribution in [0.25, 0.3) is 49.5 Å². The van der Waals surface area contributed by atoms with Gasteiger partial charge in [0, 0.05) is 27.5 Å².